The summed E-state index contributed by atoms with van der Waals surface area (Å²) in [6.07, 6.45) is 1.72. The summed E-state index contributed by atoms with van der Waals surface area (Å²) in [6, 6.07) is 9.63. The molecule has 0 radical (unpaired) electrons. The molecule has 1 atom stereocenters. The monoisotopic (exact) mass is 387 g/mol. The molecule has 9 heteroatoms. The Bertz CT molecular complexity index is 1230. The molecule has 1 unspecified atom stereocenters. The lowest BCUT2D eigenvalue weighted by Crippen LogP contribution is -2.34. The van der Waals surface area contributed by atoms with Crippen molar-refractivity contribution in [3.63, 3.8) is 0 Å². The molecule has 8 nitrogen and oxygen atoms in total. The number of carbonyl (C=O) groups excluding carboxylic acids is 1. The second-order valence-corrected chi connectivity index (χ2v) is 8.49. The Labute approximate surface area is 154 Å². The molecule has 2 aromatic carbocycles. The van der Waals surface area contributed by atoms with Crippen molar-refractivity contribution in [3.8, 4) is 0 Å². The van der Waals surface area contributed by atoms with Crippen LogP contribution in [0.1, 0.15) is 22.8 Å². The van der Waals surface area contributed by atoms with Crippen LogP contribution in [0.25, 0.3) is 11.1 Å². The molecule has 2 heterocycles. The topological polar surface area (TPSA) is 112 Å². The molecule has 1 amide bonds. The van der Waals surface area contributed by atoms with Crippen LogP contribution in [0, 0.1) is 0 Å². The smallest absolute Gasteiger partial charge is 0.408 e. The number of rotatable bonds is 3. The van der Waals surface area contributed by atoms with E-state index in [9.17, 15) is 18.0 Å². The summed E-state index contributed by atoms with van der Waals surface area (Å²) in [5, 5.41) is 2.77. The lowest BCUT2D eigenvalue weighted by molar-refractivity contribution is 0.102. The summed E-state index contributed by atoms with van der Waals surface area (Å²) in [4.78, 5) is 26.3. The number of hydrogen-bond acceptors (Lipinski definition) is 5. The molecule has 4 rings (SSSR count). The van der Waals surface area contributed by atoms with Gasteiger partial charge in [-0.05, 0) is 55.3 Å². The Morgan fingerprint density at radius 1 is 1.26 bits per heavy atom. The Kier molecular flexibility index (Phi) is 3.84. The lowest BCUT2D eigenvalue weighted by atomic mass is 10.1. The standard InChI is InChI=1S/C18H17N3O5S/c1-10-7-12-8-11(3-5-15(12)21(10)27(2,24)25)17(22)19-13-4-6-16-14(9-13)20-18(23)26-16/h3-6,8-10H,7H2,1-2H3,(H,19,22)(H,20,23). The number of hydrogen-bond donors (Lipinski definition) is 2. The van der Waals surface area contributed by atoms with E-state index in [0.29, 0.717) is 34.5 Å². The Hall–Kier alpha value is -3.07. The minimum Gasteiger partial charge on any atom is -0.408 e. The number of H-pyrrole nitrogens is 1. The van der Waals surface area contributed by atoms with Crippen molar-refractivity contribution in [2.24, 2.45) is 0 Å². The molecule has 0 saturated heterocycles. The highest BCUT2D eigenvalue weighted by Crippen LogP contribution is 2.34. The second-order valence-electron chi connectivity index (χ2n) is 6.64. The fourth-order valence-electron chi connectivity index (χ4n) is 3.48. The highest BCUT2D eigenvalue weighted by atomic mass is 32.2. The molecule has 0 bridgehead atoms. The van der Waals surface area contributed by atoms with E-state index in [1.807, 2.05) is 6.92 Å². The molecule has 0 fully saturated rings. The van der Waals surface area contributed by atoms with Crippen LogP contribution in [0.4, 0.5) is 11.4 Å². The number of amides is 1. The number of fused-ring (bicyclic) bond motifs is 2. The summed E-state index contributed by atoms with van der Waals surface area (Å²) >= 11 is 0. The van der Waals surface area contributed by atoms with Crippen LogP contribution < -0.4 is 15.4 Å². The first-order chi connectivity index (χ1) is 12.7. The van der Waals surface area contributed by atoms with Gasteiger partial charge in [-0.1, -0.05) is 0 Å². The van der Waals surface area contributed by atoms with Crippen LogP contribution in [-0.4, -0.2) is 31.6 Å². The van der Waals surface area contributed by atoms with Crippen molar-refractivity contribution >= 4 is 38.4 Å². The van der Waals surface area contributed by atoms with Gasteiger partial charge in [0.25, 0.3) is 5.91 Å². The fraction of sp³-hybridized carbons (Fsp3) is 0.222. The average molecular weight is 387 g/mol. The van der Waals surface area contributed by atoms with Gasteiger partial charge in [0.15, 0.2) is 5.58 Å². The summed E-state index contributed by atoms with van der Waals surface area (Å²) in [5.41, 5.74) is 3.26. The molecule has 140 valence electrons. The van der Waals surface area contributed by atoms with Gasteiger partial charge in [-0.15, -0.1) is 0 Å². The first-order valence-electron chi connectivity index (χ1n) is 8.29. The lowest BCUT2D eigenvalue weighted by Gasteiger charge is -2.21. The van der Waals surface area contributed by atoms with Crippen LogP contribution in [-0.2, 0) is 16.4 Å². The maximum Gasteiger partial charge on any atom is 0.417 e. The predicted octanol–water partition coefficient (Wildman–Crippen LogP) is 2.08. The number of anilines is 2. The maximum absolute atomic E-state index is 12.6. The molecule has 0 saturated carbocycles. The maximum atomic E-state index is 12.6. The van der Waals surface area contributed by atoms with E-state index in [1.165, 1.54) is 10.6 Å². The van der Waals surface area contributed by atoms with Gasteiger partial charge in [-0.2, -0.15) is 0 Å². The molecule has 1 aliphatic rings. The number of carbonyl (C=O) groups is 1. The second kappa shape index (κ2) is 5.98. The van der Waals surface area contributed by atoms with E-state index in [1.54, 1.807) is 36.4 Å². The first kappa shape index (κ1) is 17.3. The molecule has 0 aliphatic carbocycles. The largest absolute Gasteiger partial charge is 0.417 e. The van der Waals surface area contributed by atoms with Crippen LogP contribution in [0.5, 0.6) is 0 Å². The molecule has 0 spiro atoms. The minimum absolute atomic E-state index is 0.186. The average Bonchev–Trinajstić information content (AvgIpc) is 3.10. The van der Waals surface area contributed by atoms with Gasteiger partial charge in [-0.3, -0.25) is 14.1 Å². The van der Waals surface area contributed by atoms with Gasteiger partial charge in [0.05, 0.1) is 17.5 Å². The van der Waals surface area contributed by atoms with Crippen LogP contribution in [0.3, 0.4) is 0 Å². The summed E-state index contributed by atoms with van der Waals surface area (Å²) in [5.74, 6) is -0.884. The first-order valence-corrected chi connectivity index (χ1v) is 10.1. The number of oxazole rings is 1. The zero-order valence-electron chi connectivity index (χ0n) is 14.6. The molecule has 3 aromatic rings. The molecular weight excluding hydrogens is 370 g/mol. The van der Waals surface area contributed by atoms with Gasteiger partial charge in [0.1, 0.15) is 0 Å². The molecule has 1 aromatic heterocycles. The van der Waals surface area contributed by atoms with E-state index in [4.69, 9.17) is 4.42 Å². The molecule has 1 aliphatic heterocycles. The summed E-state index contributed by atoms with van der Waals surface area (Å²) < 4.78 is 30.3. The van der Waals surface area contributed by atoms with Crippen molar-refractivity contribution in [2.75, 3.05) is 15.9 Å². The van der Waals surface area contributed by atoms with Crippen LogP contribution >= 0.6 is 0 Å². The third-order valence-corrected chi connectivity index (χ3v) is 5.80. The SMILES string of the molecule is CC1Cc2cc(C(=O)Nc3ccc4oc(=O)[nH]c4c3)ccc2N1S(C)(=O)=O. The van der Waals surface area contributed by atoms with Crippen molar-refractivity contribution in [2.45, 2.75) is 19.4 Å². The predicted molar refractivity (Wildman–Crippen MR) is 102 cm³/mol. The van der Waals surface area contributed by atoms with E-state index in [-0.39, 0.29) is 11.9 Å². The number of nitrogens with one attached hydrogen (secondary N) is 2. The van der Waals surface area contributed by atoms with E-state index in [2.05, 4.69) is 10.3 Å². The van der Waals surface area contributed by atoms with Gasteiger partial charge in [-0.25, -0.2) is 13.2 Å². The Morgan fingerprint density at radius 3 is 2.78 bits per heavy atom. The fourth-order valence-corrected chi connectivity index (χ4v) is 4.75. The minimum atomic E-state index is -3.37. The van der Waals surface area contributed by atoms with E-state index >= 15 is 0 Å². The number of sulfonamides is 1. The van der Waals surface area contributed by atoms with Gasteiger partial charge >= 0.3 is 5.76 Å². The van der Waals surface area contributed by atoms with Crippen LogP contribution in [0.15, 0.2) is 45.6 Å². The quantitative estimate of drug-likeness (QED) is 0.714. The summed E-state index contributed by atoms with van der Waals surface area (Å²) in [6.45, 7) is 1.84. The normalized spacial score (nSPS) is 16.5. The van der Waals surface area contributed by atoms with Gasteiger partial charge < -0.3 is 9.73 Å². The Morgan fingerprint density at radius 2 is 2.04 bits per heavy atom. The molecule has 27 heavy (non-hydrogen) atoms. The van der Waals surface area contributed by atoms with Crippen molar-refractivity contribution in [1.29, 1.82) is 0 Å². The third-order valence-electron chi connectivity index (χ3n) is 4.53. The number of aromatic amines is 1. The number of nitrogens with zero attached hydrogens (tertiary/aromatic N) is 1. The highest BCUT2D eigenvalue weighted by molar-refractivity contribution is 7.92. The zero-order valence-corrected chi connectivity index (χ0v) is 15.5. The number of benzene rings is 2. The van der Waals surface area contributed by atoms with Crippen molar-refractivity contribution < 1.29 is 17.6 Å². The van der Waals surface area contributed by atoms with Crippen molar-refractivity contribution in [1.82, 2.24) is 4.98 Å². The van der Waals surface area contributed by atoms with Gasteiger partial charge in [0, 0.05) is 17.3 Å². The van der Waals surface area contributed by atoms with Crippen LogP contribution in [0.2, 0.25) is 0 Å². The molecule has 2 N–H and O–H groups in total. The number of aromatic nitrogens is 1. The summed E-state index contributed by atoms with van der Waals surface area (Å²) in [7, 11) is -3.37. The third kappa shape index (κ3) is 3.10. The molecular formula is C18H17N3O5S. The zero-order chi connectivity index (χ0) is 19.3. The van der Waals surface area contributed by atoms with E-state index in [0.717, 1.165) is 5.56 Å². The van der Waals surface area contributed by atoms with Crippen molar-refractivity contribution in [3.05, 3.63) is 58.1 Å². The highest BCUT2D eigenvalue weighted by Gasteiger charge is 2.32. The Balaban J connectivity index is 1.61. The van der Waals surface area contributed by atoms with Gasteiger partial charge in [0.2, 0.25) is 10.0 Å². The van der Waals surface area contributed by atoms with E-state index < -0.39 is 15.8 Å².